The lowest BCUT2D eigenvalue weighted by Crippen LogP contribution is -2.46. The fraction of sp³-hybridized carbons (Fsp3) is 0.250. The number of benzene rings is 2. The van der Waals surface area contributed by atoms with Gasteiger partial charge in [-0.2, -0.15) is 0 Å². The van der Waals surface area contributed by atoms with Crippen LogP contribution in [0, 0.1) is 5.82 Å². The highest BCUT2D eigenvalue weighted by Crippen LogP contribution is 2.31. The molecular weight excluding hydrogens is 293 g/mol. The summed E-state index contributed by atoms with van der Waals surface area (Å²) in [5.41, 5.74) is 7.06. The van der Waals surface area contributed by atoms with Gasteiger partial charge in [-0.05, 0) is 36.2 Å². The SMILES string of the molecule is NC(Cc1ccc(F)c(Cl)c1)C1COc2ccccc2O1. The van der Waals surface area contributed by atoms with Crippen molar-refractivity contribution in [2.75, 3.05) is 6.61 Å². The van der Waals surface area contributed by atoms with Gasteiger partial charge in [-0.25, -0.2) is 4.39 Å². The molecule has 0 aliphatic carbocycles. The second kappa shape index (κ2) is 5.92. The molecule has 0 fully saturated rings. The predicted octanol–water partition coefficient (Wildman–Crippen LogP) is 3.19. The van der Waals surface area contributed by atoms with Crippen molar-refractivity contribution in [2.45, 2.75) is 18.6 Å². The van der Waals surface area contributed by atoms with Gasteiger partial charge in [-0.3, -0.25) is 0 Å². The van der Waals surface area contributed by atoms with Gasteiger partial charge in [-0.1, -0.05) is 29.8 Å². The molecule has 1 heterocycles. The Kier molecular flexibility index (Phi) is 3.99. The van der Waals surface area contributed by atoms with Crippen molar-refractivity contribution in [1.82, 2.24) is 0 Å². The Hall–Kier alpha value is -1.78. The largest absolute Gasteiger partial charge is 0.486 e. The lowest BCUT2D eigenvalue weighted by atomic mass is 10.0. The normalized spacial score (nSPS) is 18.3. The van der Waals surface area contributed by atoms with Crippen LogP contribution >= 0.6 is 11.6 Å². The highest BCUT2D eigenvalue weighted by molar-refractivity contribution is 6.30. The van der Waals surface area contributed by atoms with Gasteiger partial charge in [0.1, 0.15) is 18.5 Å². The fourth-order valence-electron chi connectivity index (χ4n) is 2.32. The topological polar surface area (TPSA) is 44.5 Å². The molecular formula is C16H15ClFNO2. The van der Waals surface area contributed by atoms with Gasteiger partial charge in [-0.15, -0.1) is 0 Å². The molecule has 0 saturated heterocycles. The van der Waals surface area contributed by atoms with Gasteiger partial charge < -0.3 is 15.2 Å². The molecule has 5 heteroatoms. The number of para-hydroxylation sites is 2. The van der Waals surface area contributed by atoms with Crippen LogP contribution in [0.25, 0.3) is 0 Å². The summed E-state index contributed by atoms with van der Waals surface area (Å²) < 4.78 is 24.7. The molecule has 3 rings (SSSR count). The number of hydrogen-bond acceptors (Lipinski definition) is 3. The van der Waals surface area contributed by atoms with Crippen LogP contribution in [0.15, 0.2) is 42.5 Å². The zero-order valence-electron chi connectivity index (χ0n) is 11.3. The number of ether oxygens (including phenoxy) is 2. The van der Waals surface area contributed by atoms with E-state index < -0.39 is 5.82 Å². The van der Waals surface area contributed by atoms with Gasteiger partial charge in [0.05, 0.1) is 5.02 Å². The van der Waals surface area contributed by atoms with E-state index in [9.17, 15) is 4.39 Å². The zero-order chi connectivity index (χ0) is 14.8. The molecule has 2 aromatic rings. The van der Waals surface area contributed by atoms with Crippen molar-refractivity contribution in [1.29, 1.82) is 0 Å². The minimum absolute atomic E-state index is 0.103. The summed E-state index contributed by atoms with van der Waals surface area (Å²) >= 11 is 5.78. The Balaban J connectivity index is 1.69. The molecule has 1 aliphatic rings. The Bertz CT molecular complexity index is 650. The van der Waals surface area contributed by atoms with E-state index in [0.717, 1.165) is 11.3 Å². The average molecular weight is 308 g/mol. The summed E-state index contributed by atoms with van der Waals surface area (Å²) in [4.78, 5) is 0. The summed E-state index contributed by atoms with van der Waals surface area (Å²) in [6.07, 6.45) is 0.291. The van der Waals surface area contributed by atoms with E-state index in [1.54, 1.807) is 12.1 Å². The van der Waals surface area contributed by atoms with Crippen molar-refractivity contribution in [3.05, 3.63) is 58.9 Å². The minimum Gasteiger partial charge on any atom is -0.486 e. The number of rotatable bonds is 3. The molecule has 0 saturated carbocycles. The first-order chi connectivity index (χ1) is 10.1. The maximum Gasteiger partial charge on any atom is 0.161 e. The Labute approximate surface area is 127 Å². The molecule has 0 aromatic heterocycles. The number of fused-ring (bicyclic) bond motifs is 1. The van der Waals surface area contributed by atoms with Crippen LogP contribution in [0.1, 0.15) is 5.56 Å². The van der Waals surface area contributed by atoms with Crippen LogP contribution in [-0.4, -0.2) is 18.8 Å². The van der Waals surface area contributed by atoms with Gasteiger partial charge in [0, 0.05) is 6.04 Å². The van der Waals surface area contributed by atoms with Crippen LogP contribution in [0.5, 0.6) is 11.5 Å². The average Bonchev–Trinajstić information content (AvgIpc) is 2.50. The predicted molar refractivity (Wildman–Crippen MR) is 79.4 cm³/mol. The second-order valence-corrected chi connectivity index (χ2v) is 5.44. The molecule has 2 aromatic carbocycles. The summed E-state index contributed by atoms with van der Waals surface area (Å²) in [5.74, 6) is 0.993. The summed E-state index contributed by atoms with van der Waals surface area (Å²) in [6, 6.07) is 11.8. The molecule has 0 bridgehead atoms. The van der Waals surface area contributed by atoms with Crippen molar-refractivity contribution in [3.8, 4) is 11.5 Å². The lowest BCUT2D eigenvalue weighted by Gasteiger charge is -2.30. The monoisotopic (exact) mass is 307 g/mol. The standard InChI is InChI=1S/C16H15ClFNO2/c17-11-7-10(5-6-12(11)18)8-13(19)16-9-20-14-3-1-2-4-15(14)21-16/h1-7,13,16H,8-9,19H2. The van der Waals surface area contributed by atoms with Crippen molar-refractivity contribution < 1.29 is 13.9 Å². The first kappa shape index (κ1) is 14.2. The molecule has 2 unspecified atom stereocenters. The van der Waals surface area contributed by atoms with E-state index in [-0.39, 0.29) is 17.2 Å². The molecule has 110 valence electrons. The minimum atomic E-state index is -0.430. The van der Waals surface area contributed by atoms with E-state index >= 15 is 0 Å². The number of hydrogen-bond donors (Lipinski definition) is 1. The Morgan fingerprint density at radius 2 is 2.00 bits per heavy atom. The maximum absolute atomic E-state index is 13.1. The lowest BCUT2D eigenvalue weighted by molar-refractivity contribution is 0.0723. The van der Waals surface area contributed by atoms with Gasteiger partial charge in [0.2, 0.25) is 0 Å². The first-order valence-corrected chi connectivity index (χ1v) is 7.09. The molecule has 0 amide bonds. The smallest absolute Gasteiger partial charge is 0.161 e. The van der Waals surface area contributed by atoms with Gasteiger partial charge in [0.25, 0.3) is 0 Å². The highest BCUT2D eigenvalue weighted by atomic mass is 35.5. The van der Waals surface area contributed by atoms with Gasteiger partial charge >= 0.3 is 0 Å². The second-order valence-electron chi connectivity index (χ2n) is 5.03. The Morgan fingerprint density at radius 3 is 2.76 bits per heavy atom. The van der Waals surface area contributed by atoms with E-state index in [1.807, 2.05) is 24.3 Å². The molecule has 21 heavy (non-hydrogen) atoms. The third kappa shape index (κ3) is 3.12. The van der Waals surface area contributed by atoms with Crippen LogP contribution in [-0.2, 0) is 6.42 Å². The van der Waals surface area contributed by atoms with Crippen LogP contribution < -0.4 is 15.2 Å². The van der Waals surface area contributed by atoms with E-state index in [0.29, 0.717) is 18.8 Å². The summed E-state index contributed by atoms with van der Waals surface area (Å²) in [7, 11) is 0. The summed E-state index contributed by atoms with van der Waals surface area (Å²) in [5, 5.41) is 0.103. The molecule has 0 radical (unpaired) electrons. The highest BCUT2D eigenvalue weighted by Gasteiger charge is 2.26. The molecule has 3 nitrogen and oxygen atoms in total. The van der Waals surface area contributed by atoms with Crippen LogP contribution in [0.3, 0.4) is 0 Å². The molecule has 0 spiro atoms. The van der Waals surface area contributed by atoms with Crippen LogP contribution in [0.4, 0.5) is 4.39 Å². The molecule has 2 atom stereocenters. The third-order valence-corrected chi connectivity index (χ3v) is 3.75. The Morgan fingerprint density at radius 1 is 1.24 bits per heavy atom. The zero-order valence-corrected chi connectivity index (χ0v) is 12.0. The number of nitrogens with two attached hydrogens (primary N) is 1. The van der Waals surface area contributed by atoms with E-state index in [1.165, 1.54) is 6.07 Å². The van der Waals surface area contributed by atoms with Gasteiger partial charge in [0.15, 0.2) is 11.5 Å². The maximum atomic E-state index is 13.1. The van der Waals surface area contributed by atoms with E-state index in [4.69, 9.17) is 26.8 Å². The van der Waals surface area contributed by atoms with Crippen molar-refractivity contribution in [2.24, 2.45) is 5.73 Å². The summed E-state index contributed by atoms with van der Waals surface area (Å²) in [6.45, 7) is 0.396. The molecule has 2 N–H and O–H groups in total. The molecule has 1 aliphatic heterocycles. The van der Waals surface area contributed by atoms with E-state index in [2.05, 4.69) is 0 Å². The number of halogens is 2. The fourth-order valence-corrected chi connectivity index (χ4v) is 2.52. The van der Waals surface area contributed by atoms with Crippen LogP contribution in [0.2, 0.25) is 5.02 Å². The first-order valence-electron chi connectivity index (χ1n) is 6.71. The van der Waals surface area contributed by atoms with Crippen molar-refractivity contribution in [3.63, 3.8) is 0 Å². The third-order valence-electron chi connectivity index (χ3n) is 3.46. The van der Waals surface area contributed by atoms with Crippen molar-refractivity contribution >= 4 is 11.6 Å². The quantitative estimate of drug-likeness (QED) is 0.947.